The quantitative estimate of drug-likeness (QED) is 0.752. The SMILES string of the molecule is CNCC1CN(c2ncccn2)CCO1. The molecule has 0 bridgehead atoms. The maximum absolute atomic E-state index is 5.61. The normalized spacial score (nSPS) is 21.7. The van der Waals surface area contributed by atoms with Crippen molar-refractivity contribution < 1.29 is 4.74 Å². The lowest BCUT2D eigenvalue weighted by Crippen LogP contribution is -2.46. The highest BCUT2D eigenvalue weighted by Gasteiger charge is 2.21. The van der Waals surface area contributed by atoms with Crippen LogP contribution in [0.5, 0.6) is 0 Å². The largest absolute Gasteiger partial charge is 0.373 e. The highest BCUT2D eigenvalue weighted by Crippen LogP contribution is 2.11. The summed E-state index contributed by atoms with van der Waals surface area (Å²) in [6.07, 6.45) is 3.77. The second-order valence-corrected chi connectivity index (χ2v) is 3.55. The van der Waals surface area contributed by atoms with Gasteiger partial charge in [-0.05, 0) is 13.1 Å². The van der Waals surface area contributed by atoms with Crippen LogP contribution in [0, 0.1) is 0 Å². The lowest BCUT2D eigenvalue weighted by atomic mass is 10.3. The Hall–Kier alpha value is -1.20. The van der Waals surface area contributed by atoms with Gasteiger partial charge in [-0.3, -0.25) is 0 Å². The van der Waals surface area contributed by atoms with Crippen molar-refractivity contribution in [3.63, 3.8) is 0 Å². The first kappa shape index (κ1) is 10.3. The molecule has 1 unspecified atom stereocenters. The van der Waals surface area contributed by atoms with Crippen LogP contribution in [0.15, 0.2) is 18.5 Å². The summed E-state index contributed by atoms with van der Waals surface area (Å²) in [5.74, 6) is 0.793. The van der Waals surface area contributed by atoms with Crippen molar-refractivity contribution in [2.24, 2.45) is 0 Å². The van der Waals surface area contributed by atoms with E-state index in [0.717, 1.165) is 32.2 Å². The van der Waals surface area contributed by atoms with E-state index in [0.29, 0.717) is 0 Å². The molecule has 1 aromatic heterocycles. The Morgan fingerprint density at radius 2 is 2.33 bits per heavy atom. The summed E-state index contributed by atoms with van der Waals surface area (Å²) in [5, 5.41) is 3.12. The fourth-order valence-corrected chi connectivity index (χ4v) is 1.71. The van der Waals surface area contributed by atoms with Gasteiger partial charge in [0.1, 0.15) is 0 Å². The van der Waals surface area contributed by atoms with E-state index in [2.05, 4.69) is 20.2 Å². The standard InChI is InChI=1S/C10H16N4O/c1-11-7-9-8-14(5-6-15-9)10-12-3-2-4-13-10/h2-4,9,11H,5-8H2,1H3. The number of hydrogen-bond donors (Lipinski definition) is 1. The molecule has 15 heavy (non-hydrogen) atoms. The molecule has 1 aromatic rings. The summed E-state index contributed by atoms with van der Waals surface area (Å²) in [5.41, 5.74) is 0. The number of morpholine rings is 1. The Morgan fingerprint density at radius 1 is 1.53 bits per heavy atom. The Labute approximate surface area is 89.5 Å². The molecule has 82 valence electrons. The fourth-order valence-electron chi connectivity index (χ4n) is 1.71. The Kier molecular flexibility index (Phi) is 3.47. The molecule has 0 saturated carbocycles. The van der Waals surface area contributed by atoms with Crippen molar-refractivity contribution in [2.75, 3.05) is 38.2 Å². The Balaban J connectivity index is 1.98. The molecular formula is C10H16N4O. The minimum atomic E-state index is 0.229. The molecule has 0 aromatic carbocycles. The molecule has 1 N–H and O–H groups in total. The van der Waals surface area contributed by atoms with Gasteiger partial charge in [-0.15, -0.1) is 0 Å². The van der Waals surface area contributed by atoms with Crippen LogP contribution in [0.4, 0.5) is 5.95 Å². The van der Waals surface area contributed by atoms with Gasteiger partial charge in [0.15, 0.2) is 0 Å². The van der Waals surface area contributed by atoms with Crippen LogP contribution in [0.3, 0.4) is 0 Å². The third-order valence-corrected chi connectivity index (χ3v) is 2.41. The molecule has 2 rings (SSSR count). The van der Waals surface area contributed by atoms with E-state index in [1.807, 2.05) is 13.1 Å². The monoisotopic (exact) mass is 208 g/mol. The molecule has 5 nitrogen and oxygen atoms in total. The summed E-state index contributed by atoms with van der Waals surface area (Å²) in [6, 6.07) is 1.83. The van der Waals surface area contributed by atoms with Gasteiger partial charge in [0.2, 0.25) is 5.95 Å². The number of hydrogen-bond acceptors (Lipinski definition) is 5. The van der Waals surface area contributed by atoms with Crippen LogP contribution < -0.4 is 10.2 Å². The number of likely N-dealkylation sites (N-methyl/N-ethyl adjacent to an activating group) is 1. The number of aromatic nitrogens is 2. The summed E-state index contributed by atoms with van der Waals surface area (Å²) < 4.78 is 5.61. The van der Waals surface area contributed by atoms with E-state index in [4.69, 9.17) is 4.74 Å². The lowest BCUT2D eigenvalue weighted by Gasteiger charge is -2.32. The van der Waals surface area contributed by atoms with Gasteiger partial charge in [-0.2, -0.15) is 0 Å². The van der Waals surface area contributed by atoms with Crippen molar-refractivity contribution in [3.8, 4) is 0 Å². The topological polar surface area (TPSA) is 50.3 Å². The van der Waals surface area contributed by atoms with Gasteiger partial charge in [-0.1, -0.05) is 0 Å². The molecule has 1 atom stereocenters. The first-order valence-electron chi connectivity index (χ1n) is 5.18. The maximum Gasteiger partial charge on any atom is 0.225 e. The smallest absolute Gasteiger partial charge is 0.225 e. The van der Waals surface area contributed by atoms with E-state index in [-0.39, 0.29) is 6.10 Å². The average molecular weight is 208 g/mol. The van der Waals surface area contributed by atoms with Crippen molar-refractivity contribution >= 4 is 5.95 Å². The zero-order valence-electron chi connectivity index (χ0n) is 8.89. The van der Waals surface area contributed by atoms with E-state index >= 15 is 0 Å². The molecular weight excluding hydrogens is 192 g/mol. The molecule has 0 amide bonds. The molecule has 0 aliphatic carbocycles. The van der Waals surface area contributed by atoms with Gasteiger partial charge in [0.25, 0.3) is 0 Å². The molecule has 1 aliphatic heterocycles. The van der Waals surface area contributed by atoms with Crippen LogP contribution in [-0.2, 0) is 4.74 Å². The third kappa shape index (κ3) is 2.64. The Bertz CT molecular complexity index is 291. The minimum Gasteiger partial charge on any atom is -0.373 e. The molecule has 0 radical (unpaired) electrons. The number of anilines is 1. The fraction of sp³-hybridized carbons (Fsp3) is 0.600. The third-order valence-electron chi connectivity index (χ3n) is 2.41. The highest BCUT2D eigenvalue weighted by molar-refractivity contribution is 5.29. The number of rotatable bonds is 3. The van der Waals surface area contributed by atoms with Gasteiger partial charge < -0.3 is 15.0 Å². The van der Waals surface area contributed by atoms with Gasteiger partial charge >= 0.3 is 0 Å². The highest BCUT2D eigenvalue weighted by atomic mass is 16.5. The summed E-state index contributed by atoms with van der Waals surface area (Å²) in [4.78, 5) is 10.6. The molecule has 5 heteroatoms. The summed E-state index contributed by atoms with van der Waals surface area (Å²) in [7, 11) is 1.93. The summed E-state index contributed by atoms with van der Waals surface area (Å²) in [6.45, 7) is 3.32. The molecule has 1 saturated heterocycles. The predicted molar refractivity (Wildman–Crippen MR) is 57.9 cm³/mol. The molecule has 2 heterocycles. The van der Waals surface area contributed by atoms with Crippen molar-refractivity contribution in [1.29, 1.82) is 0 Å². The molecule has 0 spiro atoms. The van der Waals surface area contributed by atoms with Crippen LogP contribution >= 0.6 is 0 Å². The zero-order valence-corrected chi connectivity index (χ0v) is 8.89. The van der Waals surface area contributed by atoms with Crippen LogP contribution in [0.25, 0.3) is 0 Å². The first-order chi connectivity index (χ1) is 7.40. The van der Waals surface area contributed by atoms with Gasteiger partial charge in [0.05, 0.1) is 12.7 Å². The number of nitrogens with one attached hydrogen (secondary N) is 1. The van der Waals surface area contributed by atoms with Crippen LogP contribution in [-0.4, -0.2) is 49.4 Å². The van der Waals surface area contributed by atoms with Gasteiger partial charge in [-0.25, -0.2) is 9.97 Å². The first-order valence-corrected chi connectivity index (χ1v) is 5.18. The zero-order chi connectivity index (χ0) is 10.5. The van der Waals surface area contributed by atoms with E-state index in [1.165, 1.54) is 0 Å². The van der Waals surface area contributed by atoms with E-state index in [1.54, 1.807) is 12.4 Å². The maximum atomic E-state index is 5.61. The minimum absolute atomic E-state index is 0.229. The average Bonchev–Trinajstić information content (AvgIpc) is 2.31. The summed E-state index contributed by atoms with van der Waals surface area (Å²) >= 11 is 0. The molecule has 1 fully saturated rings. The second kappa shape index (κ2) is 5.04. The Morgan fingerprint density at radius 3 is 3.07 bits per heavy atom. The van der Waals surface area contributed by atoms with E-state index < -0.39 is 0 Å². The molecule has 1 aliphatic rings. The van der Waals surface area contributed by atoms with Crippen molar-refractivity contribution in [2.45, 2.75) is 6.10 Å². The van der Waals surface area contributed by atoms with Crippen molar-refractivity contribution in [3.05, 3.63) is 18.5 Å². The van der Waals surface area contributed by atoms with Gasteiger partial charge in [0, 0.05) is 32.0 Å². The van der Waals surface area contributed by atoms with Crippen LogP contribution in [0.2, 0.25) is 0 Å². The number of ether oxygens (including phenoxy) is 1. The predicted octanol–water partition coefficient (Wildman–Crippen LogP) is -0.0988. The van der Waals surface area contributed by atoms with Crippen molar-refractivity contribution in [1.82, 2.24) is 15.3 Å². The second-order valence-electron chi connectivity index (χ2n) is 3.55. The number of nitrogens with zero attached hydrogens (tertiary/aromatic N) is 3. The van der Waals surface area contributed by atoms with Crippen LogP contribution in [0.1, 0.15) is 0 Å². The van der Waals surface area contributed by atoms with E-state index in [9.17, 15) is 0 Å². The lowest BCUT2D eigenvalue weighted by molar-refractivity contribution is 0.0416.